The van der Waals surface area contributed by atoms with E-state index in [1.54, 1.807) is 52.0 Å². The number of benzene rings is 1. The van der Waals surface area contributed by atoms with Crippen LogP contribution in [0, 0.1) is 0 Å². The minimum Gasteiger partial charge on any atom is -0.483 e. The molecule has 1 aliphatic heterocycles. The molecule has 23 heavy (non-hydrogen) atoms. The summed E-state index contributed by atoms with van der Waals surface area (Å²) in [7, 11) is 0. The van der Waals surface area contributed by atoms with Crippen LogP contribution < -0.4 is 4.74 Å². The predicted molar refractivity (Wildman–Crippen MR) is 85.4 cm³/mol. The van der Waals surface area contributed by atoms with Gasteiger partial charge in [-0.25, -0.2) is 4.79 Å². The van der Waals surface area contributed by atoms with Gasteiger partial charge in [-0.3, -0.25) is 4.79 Å². The number of carbonyl (C=O) groups is 2. The topological polar surface area (TPSA) is 72.8 Å². The Morgan fingerprint density at radius 2 is 1.96 bits per heavy atom. The van der Waals surface area contributed by atoms with E-state index in [-0.39, 0.29) is 5.78 Å². The van der Waals surface area contributed by atoms with Gasteiger partial charge in [-0.1, -0.05) is 6.08 Å². The summed E-state index contributed by atoms with van der Waals surface area (Å²) in [6.07, 6.45) is 0.143. The smallest absolute Gasteiger partial charge is 0.334 e. The molecule has 1 aliphatic rings. The standard InChI is InChI=1S/C18H22O5/c1-6-10(2)17(20)23-15-13-9-12(11(3)19)7-8-14(13)22-16(15)18(4,5)21/h6-9,15-16,21H,1-5H3. The third kappa shape index (κ3) is 3.45. The molecule has 0 spiro atoms. The van der Waals surface area contributed by atoms with Gasteiger partial charge in [0.05, 0.1) is 5.60 Å². The van der Waals surface area contributed by atoms with E-state index in [1.165, 1.54) is 6.92 Å². The van der Waals surface area contributed by atoms with Crippen LogP contribution in [0.15, 0.2) is 29.8 Å². The molecule has 0 fully saturated rings. The Hall–Kier alpha value is -2.14. The molecule has 1 aromatic carbocycles. The molecular weight excluding hydrogens is 296 g/mol. The molecule has 1 heterocycles. The number of carbonyl (C=O) groups excluding carboxylic acids is 2. The summed E-state index contributed by atoms with van der Waals surface area (Å²) >= 11 is 0. The number of ether oxygens (including phenoxy) is 2. The zero-order chi connectivity index (χ0) is 17.4. The van der Waals surface area contributed by atoms with Crippen molar-refractivity contribution >= 4 is 11.8 Å². The van der Waals surface area contributed by atoms with Gasteiger partial charge >= 0.3 is 5.97 Å². The highest BCUT2D eigenvalue weighted by Crippen LogP contribution is 2.43. The summed E-state index contributed by atoms with van der Waals surface area (Å²) < 4.78 is 11.3. The van der Waals surface area contributed by atoms with Crippen molar-refractivity contribution in [3.05, 3.63) is 41.0 Å². The average molecular weight is 318 g/mol. The van der Waals surface area contributed by atoms with Gasteiger partial charge in [0.25, 0.3) is 0 Å². The molecule has 2 unspecified atom stereocenters. The fraction of sp³-hybridized carbons (Fsp3) is 0.444. The number of hydrogen-bond acceptors (Lipinski definition) is 5. The Morgan fingerprint density at radius 3 is 2.48 bits per heavy atom. The van der Waals surface area contributed by atoms with Crippen molar-refractivity contribution in [3.8, 4) is 5.75 Å². The van der Waals surface area contributed by atoms with E-state index in [4.69, 9.17) is 9.47 Å². The van der Waals surface area contributed by atoms with Crippen molar-refractivity contribution in [1.29, 1.82) is 0 Å². The van der Waals surface area contributed by atoms with Gasteiger partial charge in [0.2, 0.25) is 0 Å². The Kier molecular flexibility index (Phi) is 4.61. The second-order valence-corrected chi connectivity index (χ2v) is 6.30. The van der Waals surface area contributed by atoms with Gasteiger partial charge in [-0.05, 0) is 52.8 Å². The van der Waals surface area contributed by atoms with Gasteiger partial charge in [0.1, 0.15) is 5.75 Å². The fourth-order valence-electron chi connectivity index (χ4n) is 2.42. The second kappa shape index (κ2) is 6.16. The van der Waals surface area contributed by atoms with Crippen molar-refractivity contribution < 1.29 is 24.2 Å². The molecule has 0 aromatic heterocycles. The number of fused-ring (bicyclic) bond motifs is 1. The van der Waals surface area contributed by atoms with E-state index < -0.39 is 23.8 Å². The lowest BCUT2D eigenvalue weighted by atomic mass is 9.93. The minimum atomic E-state index is -1.22. The van der Waals surface area contributed by atoms with Gasteiger partial charge in [-0.2, -0.15) is 0 Å². The summed E-state index contributed by atoms with van der Waals surface area (Å²) in [6, 6.07) is 4.98. The summed E-state index contributed by atoms with van der Waals surface area (Å²) in [4.78, 5) is 23.7. The van der Waals surface area contributed by atoms with Crippen LogP contribution in [0.1, 0.15) is 56.6 Å². The van der Waals surface area contributed by atoms with Crippen LogP contribution >= 0.6 is 0 Å². The van der Waals surface area contributed by atoms with E-state index in [2.05, 4.69) is 0 Å². The van der Waals surface area contributed by atoms with Crippen LogP contribution in [-0.4, -0.2) is 28.6 Å². The molecule has 0 saturated heterocycles. The maximum atomic E-state index is 12.1. The number of hydrogen-bond donors (Lipinski definition) is 1. The first-order valence-corrected chi connectivity index (χ1v) is 7.53. The average Bonchev–Trinajstić information content (AvgIpc) is 2.84. The molecular formula is C18H22O5. The van der Waals surface area contributed by atoms with Crippen molar-refractivity contribution in [2.45, 2.75) is 52.4 Å². The monoisotopic (exact) mass is 318 g/mol. The highest BCUT2D eigenvalue weighted by molar-refractivity contribution is 5.94. The first-order chi connectivity index (χ1) is 10.6. The molecule has 5 heteroatoms. The van der Waals surface area contributed by atoms with E-state index in [0.29, 0.717) is 22.4 Å². The van der Waals surface area contributed by atoms with Crippen molar-refractivity contribution in [2.75, 3.05) is 0 Å². The normalized spacial score (nSPS) is 20.7. The number of ketones is 1. The zero-order valence-electron chi connectivity index (χ0n) is 14.0. The van der Waals surface area contributed by atoms with E-state index in [9.17, 15) is 14.7 Å². The minimum absolute atomic E-state index is 0.0887. The Balaban J connectivity index is 2.44. The van der Waals surface area contributed by atoms with E-state index in [0.717, 1.165) is 0 Å². The van der Waals surface area contributed by atoms with Crippen molar-refractivity contribution in [2.24, 2.45) is 0 Å². The van der Waals surface area contributed by atoms with Crippen LogP contribution in [0.25, 0.3) is 0 Å². The number of rotatable bonds is 4. The van der Waals surface area contributed by atoms with Gasteiger partial charge < -0.3 is 14.6 Å². The van der Waals surface area contributed by atoms with E-state index in [1.807, 2.05) is 0 Å². The molecule has 2 rings (SSSR count). The fourth-order valence-corrected chi connectivity index (χ4v) is 2.42. The van der Waals surface area contributed by atoms with Gasteiger partial charge in [0.15, 0.2) is 18.0 Å². The third-order valence-electron chi connectivity index (χ3n) is 3.94. The molecule has 0 radical (unpaired) electrons. The summed E-state index contributed by atoms with van der Waals surface area (Å²) in [5, 5.41) is 10.3. The summed E-state index contributed by atoms with van der Waals surface area (Å²) in [5.74, 6) is -0.0521. The molecule has 1 aromatic rings. The maximum Gasteiger partial charge on any atom is 0.334 e. The van der Waals surface area contributed by atoms with Gasteiger partial charge in [0, 0.05) is 16.7 Å². The van der Waals surface area contributed by atoms with E-state index >= 15 is 0 Å². The van der Waals surface area contributed by atoms with Crippen LogP contribution in [-0.2, 0) is 9.53 Å². The van der Waals surface area contributed by atoms with Crippen LogP contribution in [0.2, 0.25) is 0 Å². The van der Waals surface area contributed by atoms with Crippen molar-refractivity contribution in [1.82, 2.24) is 0 Å². The number of aliphatic hydroxyl groups is 1. The first-order valence-electron chi connectivity index (χ1n) is 7.53. The van der Waals surface area contributed by atoms with Crippen molar-refractivity contribution in [3.63, 3.8) is 0 Å². The SMILES string of the molecule is CC=C(C)C(=O)OC1c2cc(C(C)=O)ccc2OC1C(C)(C)O. The largest absolute Gasteiger partial charge is 0.483 e. The Labute approximate surface area is 135 Å². The number of Topliss-reactive ketones (excluding diaryl/α,β-unsaturated/α-hetero) is 1. The van der Waals surface area contributed by atoms with Gasteiger partial charge in [-0.15, -0.1) is 0 Å². The first kappa shape index (κ1) is 17.2. The highest BCUT2D eigenvalue weighted by Gasteiger charge is 2.46. The quantitative estimate of drug-likeness (QED) is 0.525. The maximum absolute atomic E-state index is 12.1. The molecule has 2 atom stereocenters. The third-order valence-corrected chi connectivity index (χ3v) is 3.94. The predicted octanol–water partition coefficient (Wildman–Crippen LogP) is 2.97. The summed E-state index contributed by atoms with van der Waals surface area (Å²) in [6.45, 7) is 8.06. The molecule has 0 saturated carbocycles. The zero-order valence-corrected chi connectivity index (χ0v) is 14.0. The molecule has 0 bridgehead atoms. The van der Waals surface area contributed by atoms with Crippen LogP contribution in [0.3, 0.4) is 0 Å². The lowest BCUT2D eigenvalue weighted by Crippen LogP contribution is -2.43. The molecule has 124 valence electrons. The Bertz CT molecular complexity index is 666. The molecule has 0 amide bonds. The van der Waals surface area contributed by atoms with Crippen LogP contribution in [0.5, 0.6) is 5.75 Å². The second-order valence-electron chi connectivity index (χ2n) is 6.30. The molecule has 1 N–H and O–H groups in total. The molecule has 0 aliphatic carbocycles. The van der Waals surface area contributed by atoms with Crippen LogP contribution in [0.4, 0.5) is 0 Å². The molecule has 5 nitrogen and oxygen atoms in total. The lowest BCUT2D eigenvalue weighted by molar-refractivity contribution is -0.155. The summed E-state index contributed by atoms with van der Waals surface area (Å²) in [5.41, 5.74) is 0.356. The number of esters is 1. The lowest BCUT2D eigenvalue weighted by Gasteiger charge is -2.29. The Morgan fingerprint density at radius 1 is 1.30 bits per heavy atom. The highest BCUT2D eigenvalue weighted by atomic mass is 16.6. The number of allylic oxidation sites excluding steroid dienone is 1.